The Hall–Kier alpha value is -3.48. The Balaban J connectivity index is 0.000000291. The van der Waals surface area contributed by atoms with Crippen molar-refractivity contribution in [1.29, 1.82) is 0 Å². The van der Waals surface area contributed by atoms with Gasteiger partial charge >= 0.3 is 5.97 Å². The predicted octanol–water partition coefficient (Wildman–Crippen LogP) is 3.05. The van der Waals surface area contributed by atoms with Gasteiger partial charge in [-0.25, -0.2) is 16.8 Å². The predicted molar refractivity (Wildman–Crippen MR) is 196 cm³/mol. The highest BCUT2D eigenvalue weighted by atomic mass is 32.2. The number of nitrogens with zero attached hydrogens (tertiary/aromatic N) is 3. The van der Waals surface area contributed by atoms with E-state index in [0.29, 0.717) is 57.8 Å². The first kappa shape index (κ1) is 44.9. The number of ether oxygens (including phenoxy) is 2. The Morgan fingerprint density at radius 2 is 1.00 bits per heavy atom. The fourth-order valence-electron chi connectivity index (χ4n) is 6.03. The number of carboxylic acids is 1. The number of carbonyl (C=O) groups excluding carboxylic acids is 3. The van der Waals surface area contributed by atoms with E-state index >= 15 is 0 Å². The summed E-state index contributed by atoms with van der Waals surface area (Å²) in [6.45, 7) is 13.6. The lowest BCUT2D eigenvalue weighted by Crippen LogP contribution is -2.48. The number of sulfone groups is 2. The molecule has 2 saturated heterocycles. The van der Waals surface area contributed by atoms with Crippen LogP contribution in [0.25, 0.3) is 0 Å². The number of rotatable bonds is 14. The van der Waals surface area contributed by atoms with Crippen molar-refractivity contribution in [3.63, 3.8) is 0 Å². The first-order valence-corrected chi connectivity index (χ1v) is 20.9. The molecular formula is C36H55N3O13S2. The van der Waals surface area contributed by atoms with E-state index in [4.69, 9.17) is 18.5 Å². The third kappa shape index (κ3) is 9.30. The lowest BCUT2D eigenvalue weighted by atomic mass is 9.87. The van der Waals surface area contributed by atoms with Gasteiger partial charge < -0.3 is 28.5 Å². The number of aromatic nitrogens is 2. The molecule has 0 spiro atoms. The minimum atomic E-state index is -3.70. The maximum absolute atomic E-state index is 13.0. The summed E-state index contributed by atoms with van der Waals surface area (Å²) in [6, 6.07) is 2.94. The molecule has 0 saturated carbocycles. The second-order valence-corrected chi connectivity index (χ2v) is 21.6. The molecule has 304 valence electrons. The number of Topliss-reactive ketones (excluding diaryl/α,β-unsaturated/α-hetero) is 2. The van der Waals surface area contributed by atoms with Crippen LogP contribution >= 0.6 is 0 Å². The maximum Gasteiger partial charge on any atom is 0.315 e. The van der Waals surface area contributed by atoms with Gasteiger partial charge in [0.2, 0.25) is 5.91 Å². The van der Waals surface area contributed by atoms with Crippen molar-refractivity contribution < 1.29 is 59.6 Å². The molecule has 16 nitrogen and oxygen atoms in total. The zero-order valence-electron chi connectivity index (χ0n) is 32.9. The van der Waals surface area contributed by atoms with Crippen molar-refractivity contribution in [3.8, 4) is 0 Å². The van der Waals surface area contributed by atoms with Crippen LogP contribution in [0.2, 0.25) is 0 Å². The van der Waals surface area contributed by atoms with Gasteiger partial charge in [0, 0.05) is 52.7 Å². The van der Waals surface area contributed by atoms with Crippen molar-refractivity contribution in [1.82, 2.24) is 15.2 Å². The van der Waals surface area contributed by atoms with Gasteiger partial charge in [0.25, 0.3) is 0 Å². The van der Waals surface area contributed by atoms with E-state index < -0.39 is 68.0 Å². The fourth-order valence-corrected chi connectivity index (χ4v) is 10.1. The van der Waals surface area contributed by atoms with E-state index in [1.165, 1.54) is 52.5 Å². The molecule has 2 aromatic rings. The van der Waals surface area contributed by atoms with Crippen molar-refractivity contribution in [2.45, 2.75) is 125 Å². The third-order valence-corrected chi connectivity index (χ3v) is 16.5. The van der Waals surface area contributed by atoms with E-state index in [9.17, 15) is 41.1 Å². The van der Waals surface area contributed by atoms with Gasteiger partial charge in [0.05, 0.1) is 34.5 Å². The molecule has 18 heteroatoms. The van der Waals surface area contributed by atoms with Gasteiger partial charge in [-0.1, -0.05) is 10.3 Å². The molecule has 2 aliphatic rings. The molecule has 0 aliphatic carbocycles. The summed E-state index contributed by atoms with van der Waals surface area (Å²) >= 11 is 0. The second kappa shape index (κ2) is 16.7. The number of likely N-dealkylation sites (N-methyl/N-ethyl adjacent to an activating group) is 1. The number of hydrogen-bond acceptors (Lipinski definition) is 14. The van der Waals surface area contributed by atoms with Crippen LogP contribution in [0.1, 0.15) is 104 Å². The number of carbonyl (C=O) groups is 4. The van der Waals surface area contributed by atoms with Crippen LogP contribution in [0.3, 0.4) is 0 Å². The van der Waals surface area contributed by atoms with Crippen molar-refractivity contribution in [2.75, 3.05) is 40.5 Å². The van der Waals surface area contributed by atoms with Crippen LogP contribution < -0.4 is 0 Å². The van der Waals surface area contributed by atoms with Crippen LogP contribution in [-0.2, 0) is 72.0 Å². The van der Waals surface area contributed by atoms with Crippen LogP contribution in [0.15, 0.2) is 21.2 Å². The first-order valence-electron chi connectivity index (χ1n) is 17.8. The van der Waals surface area contributed by atoms with Crippen molar-refractivity contribution >= 4 is 43.1 Å². The van der Waals surface area contributed by atoms with Crippen molar-refractivity contribution in [3.05, 3.63) is 35.0 Å². The SMILES string of the molecule is CC(C)(C(=O)O)c1cc(CC(=O)C(C)(C)S(=O)(=O)C2CCOCC2)on1.CN(C)C(=O)C(C)(C)c1cc(CC(=O)C(C)(C)S(=O)(=O)C2CCOCC2)on1. The highest BCUT2D eigenvalue weighted by Crippen LogP contribution is 2.32. The second-order valence-electron chi connectivity index (χ2n) is 16.0. The summed E-state index contributed by atoms with van der Waals surface area (Å²) in [5, 5.41) is 15.7. The standard InChI is InChI=1S/C19H30N2O6S.C17H25NO7S/c1-18(2,17(23)21(5)6)15-11-13(27-20-15)12-16(22)19(3,4)28(24,25)14-7-9-26-10-8-14;1-16(2,15(20)21)13-9-11(25-18-13)10-14(19)17(3,4)26(22,23)12-5-7-24-8-6-12/h11,14H,7-10,12H2,1-6H3;9,12H,5-8,10H2,1-4H3,(H,20,21). The molecule has 54 heavy (non-hydrogen) atoms. The third-order valence-electron chi connectivity index (χ3n) is 10.5. The lowest BCUT2D eigenvalue weighted by Gasteiger charge is -2.30. The summed E-state index contributed by atoms with van der Waals surface area (Å²) in [5.74, 6) is -1.81. The molecule has 2 aliphatic heterocycles. The molecule has 1 amide bonds. The van der Waals surface area contributed by atoms with Gasteiger partial charge in [-0.15, -0.1) is 0 Å². The number of aliphatic carboxylic acids is 1. The molecule has 2 aromatic heterocycles. The van der Waals surface area contributed by atoms with Gasteiger partial charge in [-0.2, -0.15) is 0 Å². The average molecular weight is 802 g/mol. The highest BCUT2D eigenvalue weighted by Gasteiger charge is 2.48. The average Bonchev–Trinajstić information content (AvgIpc) is 3.79. The minimum absolute atomic E-state index is 0.148. The van der Waals surface area contributed by atoms with Gasteiger partial charge in [-0.3, -0.25) is 19.2 Å². The van der Waals surface area contributed by atoms with Crippen LogP contribution in [0.4, 0.5) is 0 Å². The Bertz CT molecular complexity index is 1890. The molecule has 0 aromatic carbocycles. The maximum atomic E-state index is 13.0. The topological polar surface area (TPSA) is 231 Å². The van der Waals surface area contributed by atoms with Crippen LogP contribution in [-0.4, -0.2) is 121 Å². The molecular weight excluding hydrogens is 747 g/mol. The number of carboxylic acid groups (broad SMARTS) is 1. The quantitative estimate of drug-likeness (QED) is 0.289. The van der Waals surface area contributed by atoms with Gasteiger partial charge in [-0.05, 0) is 81.1 Å². The summed E-state index contributed by atoms with van der Waals surface area (Å²) in [6.07, 6.45) is 1.07. The molecule has 0 radical (unpaired) electrons. The molecule has 4 rings (SSSR count). The molecule has 4 heterocycles. The van der Waals surface area contributed by atoms with Crippen LogP contribution in [0, 0.1) is 0 Å². The minimum Gasteiger partial charge on any atom is -0.481 e. The number of hydrogen-bond donors (Lipinski definition) is 1. The fraction of sp³-hybridized carbons (Fsp3) is 0.722. The number of amides is 1. The highest BCUT2D eigenvalue weighted by molar-refractivity contribution is 7.94. The van der Waals surface area contributed by atoms with Crippen molar-refractivity contribution in [2.24, 2.45) is 0 Å². The van der Waals surface area contributed by atoms with Gasteiger partial charge in [0.1, 0.15) is 32.1 Å². The molecule has 1 N–H and O–H groups in total. The normalized spacial score (nSPS) is 17.0. The Morgan fingerprint density at radius 1 is 0.667 bits per heavy atom. The Kier molecular flexibility index (Phi) is 13.9. The van der Waals surface area contributed by atoms with Gasteiger partial charge in [0.15, 0.2) is 31.2 Å². The van der Waals surface area contributed by atoms with E-state index in [1.54, 1.807) is 34.0 Å². The summed E-state index contributed by atoms with van der Waals surface area (Å²) in [7, 11) is -4.08. The monoisotopic (exact) mass is 801 g/mol. The summed E-state index contributed by atoms with van der Waals surface area (Å²) in [5.41, 5.74) is -1.61. The lowest BCUT2D eigenvalue weighted by molar-refractivity contribution is -0.142. The molecule has 0 bridgehead atoms. The number of ketones is 2. The molecule has 0 unspecified atom stereocenters. The van der Waals surface area contributed by atoms with Crippen LogP contribution in [0.5, 0.6) is 0 Å². The van der Waals surface area contributed by atoms with E-state index in [0.717, 1.165) is 0 Å². The zero-order valence-corrected chi connectivity index (χ0v) is 34.5. The van der Waals surface area contributed by atoms with E-state index in [1.807, 2.05) is 0 Å². The summed E-state index contributed by atoms with van der Waals surface area (Å²) in [4.78, 5) is 50.6. The molecule has 0 atom stereocenters. The summed E-state index contributed by atoms with van der Waals surface area (Å²) < 4.78 is 69.4. The molecule has 2 fully saturated rings. The Labute approximate surface area is 317 Å². The first-order chi connectivity index (χ1) is 24.7. The largest absolute Gasteiger partial charge is 0.481 e. The smallest absolute Gasteiger partial charge is 0.315 e. The van der Waals surface area contributed by atoms with E-state index in [-0.39, 0.29) is 36.0 Å². The Morgan fingerprint density at radius 3 is 1.31 bits per heavy atom. The van der Waals surface area contributed by atoms with E-state index in [2.05, 4.69) is 10.3 Å². The zero-order chi connectivity index (χ0) is 41.1.